The zero-order valence-corrected chi connectivity index (χ0v) is 13.9. The Morgan fingerprint density at radius 1 is 1.04 bits per heavy atom. The largest absolute Gasteiger partial charge is 0.504 e. The Kier molecular flexibility index (Phi) is 4.23. The van der Waals surface area contributed by atoms with Gasteiger partial charge < -0.3 is 19.7 Å². The lowest BCUT2D eigenvalue weighted by Gasteiger charge is -2.10. The lowest BCUT2D eigenvalue weighted by Crippen LogP contribution is -2.04. The van der Waals surface area contributed by atoms with Crippen LogP contribution in [0.3, 0.4) is 0 Å². The summed E-state index contributed by atoms with van der Waals surface area (Å²) in [6, 6.07) is 9.40. The predicted molar refractivity (Wildman–Crippen MR) is 96.0 cm³/mol. The van der Waals surface area contributed by atoms with E-state index < -0.39 is 16.9 Å². The summed E-state index contributed by atoms with van der Waals surface area (Å²) in [6.45, 7) is 3.95. The van der Waals surface area contributed by atoms with Crippen LogP contribution in [0.4, 0.5) is 0 Å². The molecule has 0 bridgehead atoms. The van der Waals surface area contributed by atoms with Crippen LogP contribution in [-0.4, -0.2) is 15.3 Å². The highest BCUT2D eigenvalue weighted by atomic mass is 16.4. The van der Waals surface area contributed by atoms with Gasteiger partial charge in [0.05, 0.1) is 10.9 Å². The lowest BCUT2D eigenvalue weighted by atomic mass is 10.0. The number of fused-ring (bicyclic) bond motifs is 1. The summed E-state index contributed by atoms with van der Waals surface area (Å²) in [6.07, 6.45) is 2.58. The van der Waals surface area contributed by atoms with Crippen molar-refractivity contribution in [1.29, 1.82) is 0 Å². The number of para-hydroxylation sites is 2. The number of hydrogen-bond donors (Lipinski definition) is 3. The van der Waals surface area contributed by atoms with Gasteiger partial charge in [0, 0.05) is 0 Å². The zero-order valence-electron chi connectivity index (χ0n) is 13.9. The molecule has 2 aromatic carbocycles. The quantitative estimate of drug-likeness (QED) is 0.494. The van der Waals surface area contributed by atoms with Crippen molar-refractivity contribution in [2.45, 2.75) is 20.3 Å². The molecule has 0 aliphatic carbocycles. The van der Waals surface area contributed by atoms with E-state index in [4.69, 9.17) is 4.42 Å². The first kappa shape index (κ1) is 16.6. The molecule has 1 heterocycles. The van der Waals surface area contributed by atoms with Crippen LogP contribution in [0.2, 0.25) is 0 Å². The van der Waals surface area contributed by atoms with Crippen molar-refractivity contribution >= 4 is 11.0 Å². The van der Waals surface area contributed by atoms with Crippen molar-refractivity contribution in [3.63, 3.8) is 0 Å². The summed E-state index contributed by atoms with van der Waals surface area (Å²) >= 11 is 0. The number of rotatable bonds is 3. The van der Waals surface area contributed by atoms with Gasteiger partial charge in [-0.05, 0) is 44.0 Å². The van der Waals surface area contributed by atoms with E-state index in [1.54, 1.807) is 12.1 Å². The Morgan fingerprint density at radius 2 is 1.76 bits per heavy atom. The monoisotopic (exact) mass is 338 g/mol. The summed E-state index contributed by atoms with van der Waals surface area (Å²) in [7, 11) is 0. The van der Waals surface area contributed by atoms with Gasteiger partial charge in [-0.25, -0.2) is 0 Å². The van der Waals surface area contributed by atoms with Gasteiger partial charge in [-0.3, -0.25) is 4.79 Å². The third-order valence-corrected chi connectivity index (χ3v) is 3.97. The van der Waals surface area contributed by atoms with E-state index in [-0.39, 0.29) is 22.5 Å². The van der Waals surface area contributed by atoms with Crippen molar-refractivity contribution < 1.29 is 19.7 Å². The molecule has 5 heteroatoms. The van der Waals surface area contributed by atoms with Gasteiger partial charge in [0.25, 0.3) is 0 Å². The number of benzene rings is 2. The molecule has 0 amide bonds. The highest BCUT2D eigenvalue weighted by Crippen LogP contribution is 2.40. The van der Waals surface area contributed by atoms with Crippen LogP contribution in [0.1, 0.15) is 19.4 Å². The van der Waals surface area contributed by atoms with Crippen LogP contribution in [0.25, 0.3) is 22.3 Å². The van der Waals surface area contributed by atoms with E-state index in [0.717, 1.165) is 11.1 Å². The van der Waals surface area contributed by atoms with E-state index in [1.807, 2.05) is 26.0 Å². The number of aromatic hydroxyl groups is 3. The first-order chi connectivity index (χ1) is 11.9. The molecule has 0 unspecified atom stereocenters. The fraction of sp³-hybridized carbons (Fsp3) is 0.150. The van der Waals surface area contributed by atoms with E-state index in [9.17, 15) is 20.1 Å². The van der Waals surface area contributed by atoms with E-state index >= 15 is 0 Å². The summed E-state index contributed by atoms with van der Waals surface area (Å²) in [5, 5.41) is 30.3. The SMILES string of the molecule is CC(C)=CCc1cccc2c(=O)c(O)c(-c3cccc(O)c3O)oc12. The van der Waals surface area contributed by atoms with Gasteiger partial charge in [0.15, 0.2) is 17.3 Å². The Morgan fingerprint density at radius 3 is 2.48 bits per heavy atom. The molecule has 0 saturated heterocycles. The first-order valence-corrected chi connectivity index (χ1v) is 7.82. The molecule has 0 radical (unpaired) electrons. The Bertz CT molecular complexity index is 1040. The highest BCUT2D eigenvalue weighted by Gasteiger charge is 2.20. The molecule has 0 fully saturated rings. The fourth-order valence-electron chi connectivity index (χ4n) is 2.64. The minimum atomic E-state index is -0.604. The van der Waals surface area contributed by atoms with E-state index in [0.29, 0.717) is 12.0 Å². The average molecular weight is 338 g/mol. The van der Waals surface area contributed by atoms with Crippen LogP contribution in [0, 0.1) is 0 Å². The Labute approximate surface area is 144 Å². The highest BCUT2D eigenvalue weighted by molar-refractivity contribution is 5.85. The standard InChI is InChI=1S/C20H18O5/c1-11(2)9-10-12-5-3-6-14-17(23)18(24)20(25-19(12)14)13-7-4-8-15(21)16(13)22/h3-9,21-22,24H,10H2,1-2H3. The first-order valence-electron chi connectivity index (χ1n) is 7.82. The van der Waals surface area contributed by atoms with Gasteiger partial charge in [-0.2, -0.15) is 0 Å². The van der Waals surface area contributed by atoms with Gasteiger partial charge in [-0.1, -0.05) is 29.8 Å². The third-order valence-electron chi connectivity index (χ3n) is 3.97. The molecule has 0 aliphatic rings. The van der Waals surface area contributed by atoms with Crippen molar-refractivity contribution in [3.8, 4) is 28.6 Å². The summed E-state index contributed by atoms with van der Waals surface area (Å²) in [4.78, 5) is 12.5. The molecule has 0 aliphatic heterocycles. The molecular formula is C20H18O5. The van der Waals surface area contributed by atoms with Crippen LogP contribution in [-0.2, 0) is 6.42 Å². The minimum absolute atomic E-state index is 0.0496. The minimum Gasteiger partial charge on any atom is -0.504 e. The second kappa shape index (κ2) is 6.36. The van der Waals surface area contributed by atoms with Crippen LogP contribution < -0.4 is 5.43 Å². The number of phenolic OH excluding ortho intramolecular Hbond substituents is 2. The van der Waals surface area contributed by atoms with Gasteiger partial charge in [0.1, 0.15) is 5.58 Å². The number of phenols is 2. The number of hydrogen-bond acceptors (Lipinski definition) is 5. The molecule has 128 valence electrons. The topological polar surface area (TPSA) is 90.9 Å². The molecule has 3 rings (SSSR count). The second-order valence-electron chi connectivity index (χ2n) is 6.06. The van der Waals surface area contributed by atoms with Crippen LogP contribution in [0.5, 0.6) is 17.2 Å². The lowest BCUT2D eigenvalue weighted by molar-refractivity contribution is 0.402. The fourth-order valence-corrected chi connectivity index (χ4v) is 2.64. The molecule has 0 saturated carbocycles. The summed E-state index contributed by atoms with van der Waals surface area (Å²) < 4.78 is 5.81. The molecule has 25 heavy (non-hydrogen) atoms. The van der Waals surface area contributed by atoms with Crippen molar-refractivity contribution in [2.24, 2.45) is 0 Å². The molecule has 0 spiro atoms. The van der Waals surface area contributed by atoms with E-state index in [1.165, 1.54) is 18.2 Å². The third kappa shape index (κ3) is 2.96. The maximum atomic E-state index is 12.5. The maximum absolute atomic E-state index is 12.5. The van der Waals surface area contributed by atoms with Crippen molar-refractivity contribution in [3.05, 3.63) is 63.8 Å². The van der Waals surface area contributed by atoms with Crippen molar-refractivity contribution in [2.75, 3.05) is 0 Å². The van der Waals surface area contributed by atoms with Gasteiger partial charge >= 0.3 is 0 Å². The molecule has 1 aromatic heterocycles. The molecule has 3 aromatic rings. The van der Waals surface area contributed by atoms with Crippen molar-refractivity contribution in [1.82, 2.24) is 0 Å². The second-order valence-corrected chi connectivity index (χ2v) is 6.06. The molecule has 0 atom stereocenters. The molecular weight excluding hydrogens is 320 g/mol. The van der Waals surface area contributed by atoms with E-state index in [2.05, 4.69) is 0 Å². The summed E-state index contributed by atoms with van der Waals surface area (Å²) in [5.74, 6) is -1.59. The van der Waals surface area contributed by atoms with Gasteiger partial charge in [-0.15, -0.1) is 0 Å². The number of allylic oxidation sites excluding steroid dienone is 2. The Hall–Kier alpha value is -3.21. The molecule has 5 nitrogen and oxygen atoms in total. The summed E-state index contributed by atoms with van der Waals surface area (Å²) in [5.41, 5.74) is 1.73. The zero-order chi connectivity index (χ0) is 18.1. The smallest absolute Gasteiger partial charge is 0.235 e. The average Bonchev–Trinajstić information content (AvgIpc) is 2.59. The Balaban J connectivity index is 2.33. The molecule has 3 N–H and O–H groups in total. The normalized spacial score (nSPS) is 10.8. The predicted octanol–water partition coefficient (Wildman–Crippen LogP) is 4.09. The maximum Gasteiger partial charge on any atom is 0.235 e. The van der Waals surface area contributed by atoms with Gasteiger partial charge in [0.2, 0.25) is 11.2 Å². The van der Waals surface area contributed by atoms with Crippen LogP contribution in [0.15, 0.2) is 57.3 Å². The van der Waals surface area contributed by atoms with Crippen LogP contribution >= 0.6 is 0 Å².